The van der Waals surface area contributed by atoms with Crippen LogP contribution in [0.5, 0.6) is 0 Å². The van der Waals surface area contributed by atoms with Gasteiger partial charge >= 0.3 is 0 Å². The molecule has 1 nitrogen and oxygen atoms in total. The zero-order chi connectivity index (χ0) is 28.5. The molecule has 1 heterocycles. The lowest BCUT2D eigenvalue weighted by molar-refractivity contribution is 1.28. The van der Waals surface area contributed by atoms with E-state index in [-0.39, 0.29) is 0 Å². The van der Waals surface area contributed by atoms with E-state index in [4.69, 9.17) is 4.98 Å². The summed E-state index contributed by atoms with van der Waals surface area (Å²) in [5.74, 6) is 0. The summed E-state index contributed by atoms with van der Waals surface area (Å²) in [4.78, 5) is 5.69. The number of hydrogen-bond donors (Lipinski definition) is 0. The largest absolute Gasteiger partial charge is 0.246 e. The second kappa shape index (κ2) is 11.0. The molecule has 6 aromatic rings. The van der Waals surface area contributed by atoms with Gasteiger partial charge in [-0.3, -0.25) is 0 Å². The average molecular weight is 530 g/mol. The maximum atomic E-state index is 5.69. The smallest absolute Gasteiger partial charge is 0.0797 e. The molecule has 200 valence electrons. The van der Waals surface area contributed by atoms with Gasteiger partial charge < -0.3 is 0 Å². The predicted molar refractivity (Wildman–Crippen MR) is 175 cm³/mol. The molecule has 0 N–H and O–H groups in total. The van der Waals surface area contributed by atoms with Crippen LogP contribution in [-0.4, -0.2) is 4.98 Å². The molecule has 0 radical (unpaired) electrons. The molecular weight excluding hydrogens is 494 g/mol. The topological polar surface area (TPSA) is 12.9 Å². The lowest BCUT2D eigenvalue weighted by atomic mass is 9.80. The summed E-state index contributed by atoms with van der Waals surface area (Å²) >= 11 is 0. The second-order valence-electron chi connectivity index (χ2n) is 11.0. The van der Waals surface area contributed by atoms with E-state index in [1.807, 2.05) is 0 Å². The number of hydrogen-bond acceptors (Lipinski definition) is 1. The molecule has 1 heteroatoms. The van der Waals surface area contributed by atoms with Crippen LogP contribution in [-0.2, 0) is 0 Å². The van der Waals surface area contributed by atoms with Gasteiger partial charge in [-0.05, 0) is 79.1 Å². The third-order valence-electron chi connectivity index (χ3n) is 8.24. The fraction of sp³-hybridized carbons (Fsp3) is 0.125. The molecule has 1 aromatic heterocycles. The zero-order valence-electron chi connectivity index (χ0n) is 24.5. The van der Waals surface area contributed by atoms with E-state index >= 15 is 0 Å². The molecule has 0 unspecified atom stereocenters. The van der Waals surface area contributed by atoms with Gasteiger partial charge in [-0.25, -0.2) is 4.98 Å². The van der Waals surface area contributed by atoms with Gasteiger partial charge in [0.1, 0.15) is 0 Å². The first-order valence-electron chi connectivity index (χ1n) is 14.3. The Morgan fingerprint density at radius 1 is 0.293 bits per heavy atom. The molecule has 0 saturated carbocycles. The van der Waals surface area contributed by atoms with Gasteiger partial charge in [0.05, 0.1) is 11.4 Å². The van der Waals surface area contributed by atoms with Gasteiger partial charge in [-0.15, -0.1) is 0 Å². The summed E-state index contributed by atoms with van der Waals surface area (Å²) in [5.41, 5.74) is 17.8. The Hall–Kier alpha value is -4.75. The summed E-state index contributed by atoms with van der Waals surface area (Å²) in [6.07, 6.45) is 0. The summed E-state index contributed by atoms with van der Waals surface area (Å²) < 4.78 is 0. The second-order valence-corrected chi connectivity index (χ2v) is 11.0. The molecule has 6 rings (SSSR count). The van der Waals surface area contributed by atoms with Crippen LogP contribution in [0.3, 0.4) is 0 Å². The van der Waals surface area contributed by atoms with Crippen molar-refractivity contribution in [1.29, 1.82) is 0 Å². The third kappa shape index (κ3) is 4.78. The van der Waals surface area contributed by atoms with Crippen molar-refractivity contribution in [2.75, 3.05) is 0 Å². The van der Waals surface area contributed by atoms with Gasteiger partial charge in [0.25, 0.3) is 0 Å². The van der Waals surface area contributed by atoms with Crippen molar-refractivity contribution in [3.63, 3.8) is 0 Å². The van der Waals surface area contributed by atoms with Crippen LogP contribution >= 0.6 is 0 Å². The highest BCUT2D eigenvalue weighted by Gasteiger charge is 2.27. The minimum absolute atomic E-state index is 1.02. The Morgan fingerprint density at radius 2 is 0.537 bits per heavy atom. The molecule has 0 aliphatic carbocycles. The Morgan fingerprint density at radius 3 is 0.829 bits per heavy atom. The number of benzene rings is 5. The van der Waals surface area contributed by atoms with Crippen LogP contribution in [0.15, 0.2) is 121 Å². The molecule has 0 atom stereocenters. The van der Waals surface area contributed by atoms with Gasteiger partial charge in [-0.1, -0.05) is 121 Å². The normalized spacial score (nSPS) is 11.0. The summed E-state index contributed by atoms with van der Waals surface area (Å²) in [7, 11) is 0. The van der Waals surface area contributed by atoms with Crippen molar-refractivity contribution in [3.8, 4) is 55.9 Å². The maximum absolute atomic E-state index is 5.69. The summed E-state index contributed by atoms with van der Waals surface area (Å²) in [6, 6.07) is 43.5. The number of pyridine rings is 1. The first kappa shape index (κ1) is 26.5. The molecule has 0 aliphatic rings. The molecule has 0 bridgehead atoms. The van der Waals surface area contributed by atoms with Crippen molar-refractivity contribution >= 4 is 0 Å². The van der Waals surface area contributed by atoms with Gasteiger partial charge in [0.15, 0.2) is 0 Å². The Labute approximate surface area is 244 Å². The fourth-order valence-corrected chi connectivity index (χ4v) is 6.01. The van der Waals surface area contributed by atoms with E-state index in [2.05, 4.69) is 156 Å². The Bertz CT molecular complexity index is 1780. The number of nitrogens with zero attached hydrogens (tertiary/aromatic N) is 1. The highest BCUT2D eigenvalue weighted by Crippen LogP contribution is 2.50. The standard InChI is InChI=1S/C40H35N/c1-26-16-6-11-21-31(26)36-37(32-22-12-7-17-27(32)2)39(34-24-14-9-19-29(34)4)41-40(35-25-15-10-20-30(35)5)38(36)33-23-13-8-18-28(33)3/h6-25H,1-5H3. The first-order valence-corrected chi connectivity index (χ1v) is 14.3. The van der Waals surface area contributed by atoms with Crippen molar-refractivity contribution in [1.82, 2.24) is 4.98 Å². The third-order valence-corrected chi connectivity index (χ3v) is 8.24. The monoisotopic (exact) mass is 529 g/mol. The lowest BCUT2D eigenvalue weighted by Gasteiger charge is -2.26. The van der Waals surface area contributed by atoms with Crippen LogP contribution in [0.4, 0.5) is 0 Å². The predicted octanol–water partition coefficient (Wildman–Crippen LogP) is 11.0. The molecule has 41 heavy (non-hydrogen) atoms. The van der Waals surface area contributed by atoms with Crippen LogP contribution < -0.4 is 0 Å². The van der Waals surface area contributed by atoms with E-state index in [1.54, 1.807) is 0 Å². The quantitative estimate of drug-likeness (QED) is 0.216. The number of aryl methyl sites for hydroxylation is 5. The molecular formula is C40H35N. The lowest BCUT2D eigenvalue weighted by Crippen LogP contribution is -2.04. The van der Waals surface area contributed by atoms with E-state index in [9.17, 15) is 0 Å². The molecule has 0 amide bonds. The van der Waals surface area contributed by atoms with E-state index < -0.39 is 0 Å². The average Bonchev–Trinajstić information content (AvgIpc) is 2.98. The highest BCUT2D eigenvalue weighted by molar-refractivity contribution is 6.06. The molecule has 5 aromatic carbocycles. The van der Waals surface area contributed by atoms with E-state index in [1.165, 1.54) is 61.2 Å². The minimum atomic E-state index is 1.02. The Kier molecular flexibility index (Phi) is 7.12. The van der Waals surface area contributed by atoms with Crippen LogP contribution in [0.2, 0.25) is 0 Å². The molecule has 0 aliphatic heterocycles. The van der Waals surface area contributed by atoms with E-state index in [0.29, 0.717) is 0 Å². The zero-order valence-corrected chi connectivity index (χ0v) is 24.5. The summed E-state index contributed by atoms with van der Waals surface area (Å²) in [6.45, 7) is 11.0. The minimum Gasteiger partial charge on any atom is -0.246 e. The van der Waals surface area contributed by atoms with Gasteiger partial charge in [0.2, 0.25) is 0 Å². The molecule has 0 spiro atoms. The molecule has 0 saturated heterocycles. The van der Waals surface area contributed by atoms with Crippen molar-refractivity contribution in [2.45, 2.75) is 34.6 Å². The number of rotatable bonds is 5. The van der Waals surface area contributed by atoms with Crippen LogP contribution in [0.25, 0.3) is 55.9 Å². The highest BCUT2D eigenvalue weighted by atomic mass is 14.7. The number of aromatic nitrogens is 1. The summed E-state index contributed by atoms with van der Waals surface area (Å²) in [5, 5.41) is 0. The van der Waals surface area contributed by atoms with Gasteiger partial charge in [-0.2, -0.15) is 0 Å². The fourth-order valence-electron chi connectivity index (χ4n) is 6.01. The maximum Gasteiger partial charge on any atom is 0.0797 e. The molecule has 0 fully saturated rings. The first-order chi connectivity index (χ1) is 20.0. The van der Waals surface area contributed by atoms with E-state index in [0.717, 1.165) is 22.5 Å². The van der Waals surface area contributed by atoms with Crippen LogP contribution in [0, 0.1) is 34.6 Å². The van der Waals surface area contributed by atoms with Crippen molar-refractivity contribution < 1.29 is 0 Å². The van der Waals surface area contributed by atoms with Gasteiger partial charge in [0, 0.05) is 27.8 Å². The van der Waals surface area contributed by atoms with Crippen molar-refractivity contribution in [2.24, 2.45) is 0 Å². The SMILES string of the molecule is Cc1ccccc1-c1nc(-c2ccccc2C)c(-c2ccccc2C)c(-c2ccccc2C)c1-c1ccccc1C. The van der Waals surface area contributed by atoms with Crippen molar-refractivity contribution in [3.05, 3.63) is 149 Å². The Balaban J connectivity index is 1.94. The van der Waals surface area contributed by atoms with Crippen LogP contribution in [0.1, 0.15) is 27.8 Å².